The van der Waals surface area contributed by atoms with E-state index in [1.54, 1.807) is 0 Å². The molecule has 0 atom stereocenters. The molecule has 0 amide bonds. The lowest BCUT2D eigenvalue weighted by molar-refractivity contribution is 0.130. The number of rotatable bonds is 5. The third-order valence-electron chi connectivity index (χ3n) is 6.08. The van der Waals surface area contributed by atoms with Gasteiger partial charge in [-0.1, -0.05) is 18.2 Å². The highest BCUT2D eigenvalue weighted by molar-refractivity contribution is 5.76. The van der Waals surface area contributed by atoms with E-state index in [1.807, 2.05) is 42.2 Å². The number of piperidine rings is 1. The van der Waals surface area contributed by atoms with Crippen LogP contribution in [0.25, 0.3) is 0 Å². The Bertz CT molecular complexity index is 935. The molecule has 0 aliphatic carbocycles. The number of nitrogens with two attached hydrogens (primary N) is 1. The molecule has 7 nitrogen and oxygen atoms in total. The summed E-state index contributed by atoms with van der Waals surface area (Å²) in [6, 6.07) is 14.3. The van der Waals surface area contributed by atoms with Gasteiger partial charge in [-0.15, -0.1) is 0 Å². The van der Waals surface area contributed by atoms with Crippen molar-refractivity contribution >= 4 is 11.8 Å². The highest BCUT2D eigenvalue weighted by Crippen LogP contribution is 2.25. The van der Waals surface area contributed by atoms with Gasteiger partial charge in [-0.05, 0) is 54.3 Å². The molecule has 164 valence electrons. The molecule has 0 bridgehead atoms. The van der Waals surface area contributed by atoms with Crippen molar-refractivity contribution in [3.05, 3.63) is 59.2 Å². The molecule has 0 unspecified atom stereocenters. The largest absolute Gasteiger partial charge is 0.490 e. The summed E-state index contributed by atoms with van der Waals surface area (Å²) in [5.41, 5.74) is 9.20. The monoisotopic (exact) mass is 421 g/mol. The van der Waals surface area contributed by atoms with Gasteiger partial charge in [0.05, 0.1) is 5.84 Å². The summed E-state index contributed by atoms with van der Waals surface area (Å²) in [6.07, 6.45) is 3.00. The second-order valence-corrected chi connectivity index (χ2v) is 8.31. The standard InChI is InChI=1S/C24H31N5O2/c1-17(25)28-12-9-22(10-13-28)31-21-5-2-18(3-6-21)16-30-23-7-4-19-8-11-29(24(26)27)15-20(19)14-23/h2-7,14,22,25H,8-13,15-16H2,1H3,(H3,26,27). The fraction of sp³-hybridized carbons (Fsp3) is 0.417. The first kappa shape index (κ1) is 21.0. The Kier molecular flexibility index (Phi) is 6.30. The van der Waals surface area contributed by atoms with Gasteiger partial charge in [-0.3, -0.25) is 10.8 Å². The fourth-order valence-corrected chi connectivity index (χ4v) is 4.16. The molecular formula is C24H31N5O2. The van der Waals surface area contributed by atoms with Crippen molar-refractivity contribution in [2.45, 2.75) is 45.4 Å². The highest BCUT2D eigenvalue weighted by Gasteiger charge is 2.21. The van der Waals surface area contributed by atoms with Crippen LogP contribution in [0, 0.1) is 10.8 Å². The van der Waals surface area contributed by atoms with Gasteiger partial charge in [0.25, 0.3) is 0 Å². The van der Waals surface area contributed by atoms with E-state index in [-0.39, 0.29) is 12.1 Å². The lowest BCUT2D eigenvalue weighted by atomic mass is 10.00. The molecule has 2 aliphatic rings. The Hall–Kier alpha value is -3.22. The van der Waals surface area contributed by atoms with Gasteiger partial charge in [-0.2, -0.15) is 0 Å². The summed E-state index contributed by atoms with van der Waals surface area (Å²) in [6.45, 7) is 5.55. The molecule has 0 aromatic heterocycles. The van der Waals surface area contributed by atoms with Crippen LogP contribution in [-0.2, 0) is 19.6 Å². The van der Waals surface area contributed by atoms with E-state index >= 15 is 0 Å². The van der Waals surface area contributed by atoms with E-state index in [4.69, 9.17) is 26.0 Å². The minimum absolute atomic E-state index is 0.120. The molecule has 2 heterocycles. The van der Waals surface area contributed by atoms with Gasteiger partial charge in [-0.25, -0.2) is 0 Å². The van der Waals surface area contributed by atoms with Gasteiger partial charge in [0.2, 0.25) is 0 Å². The Morgan fingerprint density at radius 1 is 0.968 bits per heavy atom. The number of hydrogen-bond acceptors (Lipinski definition) is 4. The van der Waals surface area contributed by atoms with Crippen LogP contribution in [0.15, 0.2) is 42.5 Å². The summed E-state index contributed by atoms with van der Waals surface area (Å²) in [5, 5.41) is 15.4. The minimum Gasteiger partial charge on any atom is -0.490 e. The van der Waals surface area contributed by atoms with Crippen molar-refractivity contribution in [2.75, 3.05) is 19.6 Å². The van der Waals surface area contributed by atoms with Crippen molar-refractivity contribution in [2.24, 2.45) is 5.73 Å². The second-order valence-electron chi connectivity index (χ2n) is 8.31. The molecule has 7 heteroatoms. The fourth-order valence-electron chi connectivity index (χ4n) is 4.16. The Morgan fingerprint density at radius 2 is 1.68 bits per heavy atom. The Balaban J connectivity index is 1.29. The van der Waals surface area contributed by atoms with Gasteiger partial charge >= 0.3 is 0 Å². The second kappa shape index (κ2) is 9.29. The van der Waals surface area contributed by atoms with E-state index in [0.29, 0.717) is 19.0 Å². The maximum absolute atomic E-state index is 7.73. The molecule has 4 rings (SSSR count). The van der Waals surface area contributed by atoms with Crippen molar-refractivity contribution in [3.8, 4) is 11.5 Å². The van der Waals surface area contributed by atoms with E-state index in [1.165, 1.54) is 11.1 Å². The molecule has 31 heavy (non-hydrogen) atoms. The number of hydrogen-bond donors (Lipinski definition) is 3. The lowest BCUT2D eigenvalue weighted by Gasteiger charge is -2.32. The van der Waals surface area contributed by atoms with Gasteiger partial charge in [0, 0.05) is 39.0 Å². The van der Waals surface area contributed by atoms with Crippen LogP contribution in [0.3, 0.4) is 0 Å². The first-order valence-corrected chi connectivity index (χ1v) is 10.9. The predicted molar refractivity (Wildman–Crippen MR) is 122 cm³/mol. The molecule has 0 saturated carbocycles. The van der Waals surface area contributed by atoms with E-state index in [2.05, 4.69) is 17.0 Å². The van der Waals surface area contributed by atoms with E-state index in [0.717, 1.165) is 56.0 Å². The summed E-state index contributed by atoms with van der Waals surface area (Å²) >= 11 is 0. The molecule has 2 aromatic carbocycles. The van der Waals surface area contributed by atoms with Gasteiger partial charge in [0.1, 0.15) is 24.2 Å². The SMILES string of the molecule is CC(=N)N1CCC(Oc2ccc(COc3ccc4c(c3)CN(C(=N)N)CC4)cc2)CC1. The number of ether oxygens (including phenoxy) is 2. The van der Waals surface area contributed by atoms with Crippen molar-refractivity contribution in [3.63, 3.8) is 0 Å². The number of amidine groups is 1. The maximum Gasteiger partial charge on any atom is 0.188 e. The number of nitrogens with zero attached hydrogens (tertiary/aromatic N) is 2. The normalized spacial score (nSPS) is 16.5. The number of nitrogens with one attached hydrogen (secondary N) is 2. The first-order valence-electron chi connectivity index (χ1n) is 10.9. The molecule has 2 aliphatic heterocycles. The minimum atomic E-state index is 0.120. The van der Waals surface area contributed by atoms with Crippen molar-refractivity contribution < 1.29 is 9.47 Å². The van der Waals surface area contributed by atoms with Crippen molar-refractivity contribution in [1.29, 1.82) is 10.8 Å². The molecule has 1 fully saturated rings. The Morgan fingerprint density at radius 3 is 2.35 bits per heavy atom. The molecule has 2 aromatic rings. The topological polar surface area (TPSA) is 98.7 Å². The lowest BCUT2D eigenvalue weighted by Crippen LogP contribution is -2.40. The van der Waals surface area contributed by atoms with Crippen LogP contribution in [0.5, 0.6) is 11.5 Å². The number of fused-ring (bicyclic) bond motifs is 1. The van der Waals surface area contributed by atoms with Crippen molar-refractivity contribution in [1.82, 2.24) is 9.80 Å². The smallest absolute Gasteiger partial charge is 0.188 e. The van der Waals surface area contributed by atoms with Crippen LogP contribution >= 0.6 is 0 Å². The summed E-state index contributed by atoms with van der Waals surface area (Å²) in [7, 11) is 0. The van der Waals surface area contributed by atoms with E-state index in [9.17, 15) is 0 Å². The summed E-state index contributed by atoms with van der Waals surface area (Å²) in [4.78, 5) is 3.97. The van der Waals surface area contributed by atoms with Crippen LogP contribution in [-0.4, -0.2) is 47.3 Å². The molecule has 4 N–H and O–H groups in total. The molecule has 0 radical (unpaired) electrons. The summed E-state index contributed by atoms with van der Waals surface area (Å²) < 4.78 is 12.1. The number of likely N-dealkylation sites (tertiary alicyclic amines) is 1. The summed E-state index contributed by atoms with van der Waals surface area (Å²) in [5.74, 6) is 2.47. The zero-order valence-electron chi connectivity index (χ0n) is 18.1. The van der Waals surface area contributed by atoms with Crippen LogP contribution < -0.4 is 15.2 Å². The number of guanidine groups is 1. The Labute approximate surface area is 183 Å². The van der Waals surface area contributed by atoms with Crippen LogP contribution in [0.1, 0.15) is 36.5 Å². The van der Waals surface area contributed by atoms with Gasteiger partial charge < -0.3 is 25.0 Å². The van der Waals surface area contributed by atoms with Gasteiger partial charge in [0.15, 0.2) is 5.96 Å². The highest BCUT2D eigenvalue weighted by atomic mass is 16.5. The zero-order chi connectivity index (χ0) is 21.8. The zero-order valence-corrected chi connectivity index (χ0v) is 18.1. The molecular weight excluding hydrogens is 390 g/mol. The quantitative estimate of drug-likeness (QED) is 0.508. The first-order chi connectivity index (χ1) is 15.0. The van der Waals surface area contributed by atoms with E-state index < -0.39 is 0 Å². The predicted octanol–water partition coefficient (Wildman–Crippen LogP) is 3.36. The van der Waals surface area contributed by atoms with Crippen LogP contribution in [0.4, 0.5) is 0 Å². The third kappa shape index (κ3) is 5.29. The molecule has 0 spiro atoms. The molecule has 1 saturated heterocycles. The van der Waals surface area contributed by atoms with Crippen LogP contribution in [0.2, 0.25) is 0 Å². The third-order valence-corrected chi connectivity index (χ3v) is 6.08. The average Bonchev–Trinajstić information content (AvgIpc) is 2.78. The average molecular weight is 422 g/mol. The number of benzene rings is 2. The maximum atomic E-state index is 7.73.